The first kappa shape index (κ1) is 19.2. The van der Waals surface area contributed by atoms with Crippen molar-refractivity contribution in [1.82, 2.24) is 9.97 Å². The maximum Gasteiger partial charge on any atom is 0.433 e. The largest absolute Gasteiger partial charge is 0.439 e. The molecule has 1 heterocycles. The highest BCUT2D eigenvalue weighted by Gasteiger charge is 2.34. The van der Waals surface area contributed by atoms with Gasteiger partial charge < -0.3 is 4.74 Å². The minimum Gasteiger partial charge on any atom is -0.439 e. The Hall–Kier alpha value is -2.61. The van der Waals surface area contributed by atoms with Gasteiger partial charge in [0.2, 0.25) is 5.88 Å². The van der Waals surface area contributed by atoms with Gasteiger partial charge in [-0.3, -0.25) is 0 Å². The topological polar surface area (TPSA) is 35.0 Å². The van der Waals surface area contributed by atoms with Gasteiger partial charge >= 0.3 is 6.18 Å². The average molecular weight is 394 g/mol. The standard InChI is InChI=1S/C19H14F4N2OS/c1-12-4-2-3-5-13(12)11-27-18-24-16(19(21,22)23)10-17(25-18)26-15-8-6-14(20)7-9-15/h2-10H,11H2,1H3. The van der Waals surface area contributed by atoms with Gasteiger partial charge in [0.05, 0.1) is 0 Å². The van der Waals surface area contributed by atoms with Crippen molar-refractivity contribution < 1.29 is 22.3 Å². The highest BCUT2D eigenvalue weighted by atomic mass is 32.2. The maximum absolute atomic E-state index is 13.2. The van der Waals surface area contributed by atoms with E-state index in [0.29, 0.717) is 5.75 Å². The van der Waals surface area contributed by atoms with Gasteiger partial charge in [0, 0.05) is 11.8 Å². The van der Waals surface area contributed by atoms with Crippen molar-refractivity contribution in [2.24, 2.45) is 0 Å². The molecule has 8 heteroatoms. The lowest BCUT2D eigenvalue weighted by Crippen LogP contribution is -2.10. The summed E-state index contributed by atoms with van der Waals surface area (Å²) in [6.07, 6.45) is -4.64. The van der Waals surface area contributed by atoms with Crippen molar-refractivity contribution in [2.45, 2.75) is 24.0 Å². The van der Waals surface area contributed by atoms with Gasteiger partial charge in [0.25, 0.3) is 0 Å². The van der Waals surface area contributed by atoms with Crippen LogP contribution in [0.1, 0.15) is 16.8 Å². The molecule has 0 aliphatic carbocycles. The van der Waals surface area contributed by atoms with Crippen LogP contribution in [-0.4, -0.2) is 9.97 Å². The average Bonchev–Trinajstić information content (AvgIpc) is 2.62. The van der Waals surface area contributed by atoms with Crippen LogP contribution in [0.25, 0.3) is 0 Å². The number of hydrogen-bond donors (Lipinski definition) is 0. The van der Waals surface area contributed by atoms with E-state index < -0.39 is 17.7 Å². The molecule has 140 valence electrons. The Labute approximate surface area is 157 Å². The molecule has 0 saturated carbocycles. The molecule has 27 heavy (non-hydrogen) atoms. The molecule has 0 unspecified atom stereocenters. The van der Waals surface area contributed by atoms with Gasteiger partial charge in [0.1, 0.15) is 11.6 Å². The molecule has 2 aromatic carbocycles. The van der Waals surface area contributed by atoms with E-state index in [1.165, 1.54) is 12.1 Å². The second-order valence-corrected chi connectivity index (χ2v) is 6.59. The van der Waals surface area contributed by atoms with Crippen LogP contribution in [-0.2, 0) is 11.9 Å². The van der Waals surface area contributed by atoms with Gasteiger partial charge in [-0.2, -0.15) is 18.2 Å². The first-order chi connectivity index (χ1) is 12.8. The second kappa shape index (κ2) is 7.96. The van der Waals surface area contributed by atoms with Gasteiger partial charge in [-0.05, 0) is 42.3 Å². The van der Waals surface area contributed by atoms with Crippen LogP contribution in [0.3, 0.4) is 0 Å². The van der Waals surface area contributed by atoms with E-state index in [2.05, 4.69) is 9.97 Å². The highest BCUT2D eigenvalue weighted by molar-refractivity contribution is 7.98. The third-order valence-corrected chi connectivity index (χ3v) is 4.52. The van der Waals surface area contributed by atoms with Crippen LogP contribution in [0.2, 0.25) is 0 Å². The summed E-state index contributed by atoms with van der Waals surface area (Å²) in [5.74, 6) is -0.131. The Kier molecular flexibility index (Phi) is 5.65. The summed E-state index contributed by atoms with van der Waals surface area (Å²) in [7, 11) is 0. The first-order valence-electron chi connectivity index (χ1n) is 7.88. The fourth-order valence-electron chi connectivity index (χ4n) is 2.20. The summed E-state index contributed by atoms with van der Waals surface area (Å²) in [4.78, 5) is 7.64. The van der Waals surface area contributed by atoms with Crippen LogP contribution < -0.4 is 4.74 Å². The number of rotatable bonds is 5. The predicted octanol–water partition coefficient (Wildman–Crippen LogP) is 6.03. The zero-order valence-electron chi connectivity index (χ0n) is 14.1. The maximum atomic E-state index is 13.2. The summed E-state index contributed by atoms with van der Waals surface area (Å²) in [6, 6.07) is 13.2. The SMILES string of the molecule is Cc1ccccc1CSc1nc(Oc2ccc(F)cc2)cc(C(F)(F)F)n1. The van der Waals surface area contributed by atoms with E-state index in [1.807, 2.05) is 31.2 Å². The molecule has 0 fully saturated rings. The van der Waals surface area contributed by atoms with E-state index in [0.717, 1.165) is 41.1 Å². The number of nitrogens with zero attached hydrogens (tertiary/aromatic N) is 2. The van der Waals surface area contributed by atoms with E-state index in [4.69, 9.17) is 4.74 Å². The number of thioether (sulfide) groups is 1. The molecule has 1 aromatic heterocycles. The zero-order chi connectivity index (χ0) is 19.4. The van der Waals surface area contributed by atoms with Crippen LogP contribution >= 0.6 is 11.8 Å². The second-order valence-electron chi connectivity index (χ2n) is 5.64. The van der Waals surface area contributed by atoms with Crippen molar-refractivity contribution in [1.29, 1.82) is 0 Å². The van der Waals surface area contributed by atoms with Gasteiger partial charge in [-0.25, -0.2) is 9.37 Å². The van der Waals surface area contributed by atoms with Crippen molar-refractivity contribution in [3.8, 4) is 11.6 Å². The van der Waals surface area contributed by atoms with Crippen molar-refractivity contribution >= 4 is 11.8 Å². The summed E-state index contributed by atoms with van der Waals surface area (Å²) in [6.45, 7) is 1.92. The molecular formula is C19H14F4N2OS. The van der Waals surface area contributed by atoms with Gasteiger partial charge in [-0.1, -0.05) is 36.0 Å². The molecule has 0 radical (unpaired) electrons. The quantitative estimate of drug-likeness (QED) is 0.301. The Morgan fingerprint density at radius 2 is 1.70 bits per heavy atom. The molecule has 3 rings (SSSR count). The van der Waals surface area contributed by atoms with Gasteiger partial charge in [-0.15, -0.1) is 0 Å². The molecule has 0 atom stereocenters. The minimum absolute atomic E-state index is 0.0508. The number of aromatic nitrogens is 2. The summed E-state index contributed by atoms with van der Waals surface area (Å²) >= 11 is 1.08. The summed E-state index contributed by atoms with van der Waals surface area (Å²) < 4.78 is 57.8. The lowest BCUT2D eigenvalue weighted by atomic mass is 10.1. The van der Waals surface area contributed by atoms with E-state index in [9.17, 15) is 17.6 Å². The van der Waals surface area contributed by atoms with Crippen LogP contribution in [0, 0.1) is 12.7 Å². The molecule has 0 saturated heterocycles. The highest BCUT2D eigenvalue weighted by Crippen LogP contribution is 2.33. The Bertz CT molecular complexity index is 930. The molecule has 0 spiro atoms. The number of alkyl halides is 3. The number of aryl methyl sites for hydroxylation is 1. The molecule has 3 aromatic rings. The normalized spacial score (nSPS) is 11.4. The van der Waals surface area contributed by atoms with Crippen molar-refractivity contribution in [2.75, 3.05) is 0 Å². The van der Waals surface area contributed by atoms with Crippen LogP contribution in [0.15, 0.2) is 59.8 Å². The molecular weight excluding hydrogens is 380 g/mol. The van der Waals surface area contributed by atoms with E-state index >= 15 is 0 Å². The van der Waals surface area contributed by atoms with Gasteiger partial charge in [0.15, 0.2) is 10.9 Å². The zero-order valence-corrected chi connectivity index (χ0v) is 14.9. The Morgan fingerprint density at radius 3 is 2.37 bits per heavy atom. The first-order valence-corrected chi connectivity index (χ1v) is 8.87. The smallest absolute Gasteiger partial charge is 0.433 e. The monoisotopic (exact) mass is 394 g/mol. The molecule has 0 amide bonds. The van der Waals surface area contributed by atoms with E-state index in [1.54, 1.807) is 0 Å². The third kappa shape index (κ3) is 5.19. The molecule has 0 bridgehead atoms. The molecule has 0 aliphatic heterocycles. The Morgan fingerprint density at radius 1 is 1.00 bits per heavy atom. The number of benzene rings is 2. The Balaban J connectivity index is 1.86. The minimum atomic E-state index is -4.64. The third-order valence-electron chi connectivity index (χ3n) is 3.63. The van der Waals surface area contributed by atoms with Crippen LogP contribution in [0.5, 0.6) is 11.6 Å². The predicted molar refractivity (Wildman–Crippen MR) is 94.2 cm³/mol. The summed E-state index contributed by atoms with van der Waals surface area (Å²) in [5.41, 5.74) is 0.908. The van der Waals surface area contributed by atoms with E-state index in [-0.39, 0.29) is 16.8 Å². The fourth-order valence-corrected chi connectivity index (χ4v) is 3.13. The van der Waals surface area contributed by atoms with Crippen molar-refractivity contribution in [3.05, 3.63) is 77.2 Å². The lowest BCUT2D eigenvalue weighted by molar-refractivity contribution is -0.141. The van der Waals surface area contributed by atoms with Crippen molar-refractivity contribution in [3.63, 3.8) is 0 Å². The molecule has 0 aliphatic rings. The summed E-state index contributed by atoms with van der Waals surface area (Å²) in [5, 5.41) is -0.0508. The fraction of sp³-hybridized carbons (Fsp3) is 0.158. The molecule has 0 N–H and O–H groups in total. The number of halogens is 4. The van der Waals surface area contributed by atoms with Crippen LogP contribution in [0.4, 0.5) is 17.6 Å². The lowest BCUT2D eigenvalue weighted by Gasteiger charge is -2.11. The molecule has 3 nitrogen and oxygen atoms in total. The number of ether oxygens (including phenoxy) is 1. The number of hydrogen-bond acceptors (Lipinski definition) is 4.